The molecule has 0 unspecified atom stereocenters. The average Bonchev–Trinajstić information content (AvgIpc) is 2.58. The summed E-state index contributed by atoms with van der Waals surface area (Å²) < 4.78 is 1.64. The van der Waals surface area contributed by atoms with E-state index in [9.17, 15) is 4.79 Å². The Morgan fingerprint density at radius 3 is 2.86 bits per heavy atom. The predicted octanol–water partition coefficient (Wildman–Crippen LogP) is 1.67. The van der Waals surface area contributed by atoms with Crippen LogP contribution in [0.1, 0.15) is 35.9 Å². The van der Waals surface area contributed by atoms with Crippen molar-refractivity contribution in [3.63, 3.8) is 0 Å². The second kappa shape index (κ2) is 3.21. The number of hydrogen-bond donors (Lipinski definition) is 0. The first-order chi connectivity index (χ1) is 6.70. The first-order valence-corrected chi connectivity index (χ1v) is 4.52. The van der Waals surface area contributed by atoms with Crippen molar-refractivity contribution in [2.24, 2.45) is 0 Å². The van der Waals surface area contributed by atoms with Gasteiger partial charge in [0.25, 0.3) is 0 Å². The summed E-state index contributed by atoms with van der Waals surface area (Å²) >= 11 is 0. The second-order valence-corrected chi connectivity index (χ2v) is 3.50. The molecule has 0 bridgehead atoms. The lowest BCUT2D eigenvalue weighted by Gasteiger charge is -2.02. The van der Waals surface area contributed by atoms with Crippen LogP contribution < -0.4 is 0 Å². The Kier molecular flexibility index (Phi) is 2.04. The standard InChI is InChI=1S/C10H11N3O/c1-7(2)9-3-4-10-11-8(6-14)5-13(10)12-9/h3-7H,1-2H3. The van der Waals surface area contributed by atoms with Gasteiger partial charge in [-0.05, 0) is 18.1 Å². The molecule has 2 rings (SSSR count). The quantitative estimate of drug-likeness (QED) is 0.675. The number of nitrogens with zero attached hydrogens (tertiary/aromatic N) is 3. The Hall–Kier alpha value is -1.71. The van der Waals surface area contributed by atoms with Crippen molar-refractivity contribution in [1.29, 1.82) is 0 Å². The number of carbonyl (C=O) groups is 1. The zero-order valence-corrected chi connectivity index (χ0v) is 8.14. The topological polar surface area (TPSA) is 47.3 Å². The molecule has 2 aromatic heterocycles. The van der Waals surface area contributed by atoms with Crippen molar-refractivity contribution in [3.05, 3.63) is 29.7 Å². The van der Waals surface area contributed by atoms with Crippen LogP contribution in [0.4, 0.5) is 0 Å². The third-order valence-corrected chi connectivity index (χ3v) is 2.07. The fourth-order valence-corrected chi connectivity index (χ4v) is 1.28. The maximum absolute atomic E-state index is 10.5. The van der Waals surface area contributed by atoms with Crippen molar-refractivity contribution in [3.8, 4) is 0 Å². The summed E-state index contributed by atoms with van der Waals surface area (Å²) in [6.45, 7) is 4.15. The molecule has 2 aromatic rings. The largest absolute Gasteiger partial charge is 0.296 e. The molecule has 0 spiro atoms. The SMILES string of the molecule is CC(C)c1ccc2nc(C=O)cn2n1. The molecule has 0 radical (unpaired) electrons. The van der Waals surface area contributed by atoms with Gasteiger partial charge >= 0.3 is 0 Å². The molecule has 14 heavy (non-hydrogen) atoms. The van der Waals surface area contributed by atoms with Gasteiger partial charge in [0.2, 0.25) is 0 Å². The fourth-order valence-electron chi connectivity index (χ4n) is 1.28. The van der Waals surface area contributed by atoms with E-state index >= 15 is 0 Å². The number of carbonyl (C=O) groups excluding carboxylic acids is 1. The summed E-state index contributed by atoms with van der Waals surface area (Å²) in [5, 5.41) is 4.34. The molecule has 0 aliphatic carbocycles. The summed E-state index contributed by atoms with van der Waals surface area (Å²) in [6, 6.07) is 3.80. The van der Waals surface area contributed by atoms with Crippen molar-refractivity contribution in [2.45, 2.75) is 19.8 Å². The van der Waals surface area contributed by atoms with Crippen LogP contribution in [0.15, 0.2) is 18.3 Å². The van der Waals surface area contributed by atoms with Gasteiger partial charge in [-0.2, -0.15) is 5.10 Å². The Morgan fingerprint density at radius 1 is 1.43 bits per heavy atom. The predicted molar refractivity (Wildman–Crippen MR) is 52.5 cm³/mol. The van der Waals surface area contributed by atoms with Crippen molar-refractivity contribution in [1.82, 2.24) is 14.6 Å². The first-order valence-electron chi connectivity index (χ1n) is 4.52. The summed E-state index contributed by atoms with van der Waals surface area (Å²) in [5.74, 6) is 0.376. The van der Waals surface area contributed by atoms with Crippen LogP contribution in [0.2, 0.25) is 0 Å². The molecule has 0 atom stereocenters. The number of aromatic nitrogens is 3. The van der Waals surface area contributed by atoms with E-state index in [1.54, 1.807) is 10.7 Å². The number of fused-ring (bicyclic) bond motifs is 1. The highest BCUT2D eigenvalue weighted by Gasteiger charge is 2.04. The molecule has 0 saturated carbocycles. The third kappa shape index (κ3) is 1.39. The minimum atomic E-state index is 0.376. The number of rotatable bonds is 2. The molecule has 2 heterocycles. The van der Waals surface area contributed by atoms with Crippen LogP contribution >= 0.6 is 0 Å². The van der Waals surface area contributed by atoms with E-state index in [0.29, 0.717) is 17.3 Å². The molecule has 0 amide bonds. The summed E-state index contributed by atoms with van der Waals surface area (Å²) in [4.78, 5) is 14.6. The molecule has 0 aliphatic rings. The molecular weight excluding hydrogens is 178 g/mol. The Morgan fingerprint density at radius 2 is 2.21 bits per heavy atom. The highest BCUT2D eigenvalue weighted by Crippen LogP contribution is 2.11. The number of imidazole rings is 1. The fraction of sp³-hybridized carbons (Fsp3) is 0.300. The Balaban J connectivity index is 2.59. The van der Waals surface area contributed by atoms with E-state index in [2.05, 4.69) is 23.9 Å². The maximum Gasteiger partial charge on any atom is 0.170 e. The van der Waals surface area contributed by atoms with Gasteiger partial charge in [-0.3, -0.25) is 4.79 Å². The zero-order chi connectivity index (χ0) is 10.1. The van der Waals surface area contributed by atoms with E-state index in [1.165, 1.54) is 0 Å². The molecule has 0 fully saturated rings. The van der Waals surface area contributed by atoms with Crippen LogP contribution in [0.25, 0.3) is 5.65 Å². The van der Waals surface area contributed by atoms with Gasteiger partial charge in [0.05, 0.1) is 11.9 Å². The molecule has 0 N–H and O–H groups in total. The molecular formula is C10H11N3O. The monoisotopic (exact) mass is 189 g/mol. The molecule has 0 aromatic carbocycles. The van der Waals surface area contributed by atoms with E-state index in [0.717, 1.165) is 12.0 Å². The lowest BCUT2D eigenvalue weighted by atomic mass is 10.1. The number of hydrogen-bond acceptors (Lipinski definition) is 3. The molecule has 4 heteroatoms. The van der Waals surface area contributed by atoms with Crippen LogP contribution in [-0.2, 0) is 0 Å². The van der Waals surface area contributed by atoms with Gasteiger partial charge in [-0.1, -0.05) is 13.8 Å². The minimum Gasteiger partial charge on any atom is -0.296 e. The van der Waals surface area contributed by atoms with Crippen LogP contribution in [0.5, 0.6) is 0 Å². The van der Waals surface area contributed by atoms with Gasteiger partial charge in [0.1, 0.15) is 5.69 Å². The van der Waals surface area contributed by atoms with Gasteiger partial charge < -0.3 is 0 Å². The van der Waals surface area contributed by atoms with Gasteiger partial charge in [-0.25, -0.2) is 9.50 Å². The average molecular weight is 189 g/mol. The second-order valence-electron chi connectivity index (χ2n) is 3.50. The summed E-state index contributed by atoms with van der Waals surface area (Å²) in [7, 11) is 0. The Bertz CT molecular complexity index is 473. The molecule has 4 nitrogen and oxygen atoms in total. The van der Waals surface area contributed by atoms with Crippen LogP contribution in [0.3, 0.4) is 0 Å². The van der Waals surface area contributed by atoms with Crippen molar-refractivity contribution >= 4 is 11.9 Å². The van der Waals surface area contributed by atoms with E-state index in [-0.39, 0.29) is 0 Å². The van der Waals surface area contributed by atoms with E-state index < -0.39 is 0 Å². The van der Waals surface area contributed by atoms with Gasteiger partial charge in [0, 0.05) is 0 Å². The summed E-state index contributed by atoms with van der Waals surface area (Å²) in [5.41, 5.74) is 2.11. The normalized spacial score (nSPS) is 11.1. The van der Waals surface area contributed by atoms with E-state index in [1.807, 2.05) is 12.1 Å². The highest BCUT2D eigenvalue weighted by atomic mass is 16.1. The first kappa shape index (κ1) is 8.87. The summed E-state index contributed by atoms with van der Waals surface area (Å²) in [6.07, 6.45) is 2.36. The van der Waals surface area contributed by atoms with Crippen LogP contribution in [-0.4, -0.2) is 20.9 Å². The van der Waals surface area contributed by atoms with E-state index in [4.69, 9.17) is 0 Å². The van der Waals surface area contributed by atoms with Crippen molar-refractivity contribution < 1.29 is 4.79 Å². The minimum absolute atomic E-state index is 0.376. The van der Waals surface area contributed by atoms with Gasteiger partial charge in [-0.15, -0.1) is 0 Å². The third-order valence-electron chi connectivity index (χ3n) is 2.07. The lowest BCUT2D eigenvalue weighted by Crippen LogP contribution is -1.98. The van der Waals surface area contributed by atoms with Crippen molar-refractivity contribution in [2.75, 3.05) is 0 Å². The smallest absolute Gasteiger partial charge is 0.170 e. The molecule has 0 saturated heterocycles. The maximum atomic E-state index is 10.5. The van der Waals surface area contributed by atoms with Gasteiger partial charge in [0.15, 0.2) is 11.9 Å². The highest BCUT2D eigenvalue weighted by molar-refractivity contribution is 5.72. The van der Waals surface area contributed by atoms with Crippen LogP contribution in [0, 0.1) is 0 Å². The number of aldehydes is 1. The molecule has 72 valence electrons. The zero-order valence-electron chi connectivity index (χ0n) is 8.14. The Labute approximate surface area is 81.6 Å². The molecule has 0 aliphatic heterocycles. The lowest BCUT2D eigenvalue weighted by molar-refractivity contribution is 0.111.